The van der Waals surface area contributed by atoms with Crippen LogP contribution in [0.1, 0.15) is 45.9 Å². The van der Waals surface area contributed by atoms with Gasteiger partial charge in [0.15, 0.2) is 6.29 Å². The van der Waals surface area contributed by atoms with Crippen molar-refractivity contribution < 1.29 is 13.9 Å². The molecule has 1 N–H and O–H groups in total. The Bertz CT molecular complexity index is 1470. The summed E-state index contributed by atoms with van der Waals surface area (Å²) >= 11 is 5.84. The van der Waals surface area contributed by atoms with Gasteiger partial charge >= 0.3 is 0 Å². The molecule has 7 rings (SSSR count). The number of pyridine rings is 1. The molecule has 38 heavy (non-hydrogen) atoms. The van der Waals surface area contributed by atoms with Gasteiger partial charge in [-0.25, -0.2) is 9.37 Å². The van der Waals surface area contributed by atoms with Crippen LogP contribution in [-0.4, -0.2) is 58.8 Å². The van der Waals surface area contributed by atoms with Crippen LogP contribution in [-0.2, 0) is 17.8 Å². The summed E-state index contributed by atoms with van der Waals surface area (Å²) in [5.41, 5.74) is 5.80. The molecule has 1 spiro atoms. The smallest absolute Gasteiger partial charge is 0.153 e. The van der Waals surface area contributed by atoms with Gasteiger partial charge in [-0.1, -0.05) is 17.7 Å². The summed E-state index contributed by atoms with van der Waals surface area (Å²) < 4.78 is 23.1. The van der Waals surface area contributed by atoms with E-state index in [-0.39, 0.29) is 10.8 Å². The number of carbonyl (C=O) groups excluding carboxylic acids is 1. The Kier molecular flexibility index (Phi) is 6.67. The average molecular weight is 537 g/mol. The summed E-state index contributed by atoms with van der Waals surface area (Å²) in [6, 6.07) is 7.78. The molecule has 5 heterocycles. The van der Waals surface area contributed by atoms with Gasteiger partial charge in [0.25, 0.3) is 0 Å². The highest BCUT2D eigenvalue weighted by Crippen LogP contribution is 2.42. The third-order valence-corrected chi connectivity index (χ3v) is 7.71. The van der Waals surface area contributed by atoms with E-state index in [1.807, 2.05) is 19.3 Å². The minimum Gasteiger partial charge on any atom is -0.380 e. The third kappa shape index (κ3) is 4.93. The number of hydrogen-bond acceptors (Lipinski definition) is 6. The number of halogens is 2. The first-order valence-electron chi connectivity index (χ1n) is 12.9. The van der Waals surface area contributed by atoms with Crippen molar-refractivity contribution in [3.8, 4) is 0 Å². The summed E-state index contributed by atoms with van der Waals surface area (Å²) in [7, 11) is 1.81. The molecule has 1 aromatic carbocycles. The number of hydrogen-bond donors (Lipinski definition) is 1. The quantitative estimate of drug-likeness (QED) is 0.355. The van der Waals surface area contributed by atoms with Crippen molar-refractivity contribution in [2.24, 2.45) is 5.41 Å². The molecular weight excluding hydrogens is 507 g/mol. The maximum atomic E-state index is 14.0. The minimum atomic E-state index is -0.311. The molecule has 0 radical (unpaired) electrons. The number of fused-ring (bicyclic) bond motifs is 1. The van der Waals surface area contributed by atoms with Crippen molar-refractivity contribution in [1.29, 1.82) is 0 Å². The summed E-state index contributed by atoms with van der Waals surface area (Å²) in [6.07, 6.45) is 10.9. The van der Waals surface area contributed by atoms with Crippen molar-refractivity contribution >= 4 is 29.2 Å². The van der Waals surface area contributed by atoms with Crippen LogP contribution in [0.5, 0.6) is 0 Å². The molecule has 0 bridgehead atoms. The van der Waals surface area contributed by atoms with Crippen LogP contribution in [0.25, 0.3) is 5.65 Å². The zero-order valence-corrected chi connectivity index (χ0v) is 22.0. The number of nitrogens with one attached hydrogen (secondary N) is 1. The van der Waals surface area contributed by atoms with Gasteiger partial charge in [0.2, 0.25) is 0 Å². The Morgan fingerprint density at radius 1 is 1.18 bits per heavy atom. The maximum absolute atomic E-state index is 14.0. The van der Waals surface area contributed by atoms with Gasteiger partial charge in [0, 0.05) is 49.5 Å². The monoisotopic (exact) mass is 536 g/mol. The van der Waals surface area contributed by atoms with Crippen LogP contribution in [0.2, 0.25) is 5.02 Å². The van der Waals surface area contributed by atoms with E-state index in [4.69, 9.17) is 16.3 Å². The van der Waals surface area contributed by atoms with Crippen LogP contribution in [0.15, 0.2) is 49.1 Å². The lowest BCUT2D eigenvalue weighted by molar-refractivity contribution is -0.127. The first kappa shape index (κ1) is 25.0. The van der Waals surface area contributed by atoms with Crippen molar-refractivity contribution in [3.63, 3.8) is 0 Å². The highest BCUT2D eigenvalue weighted by Gasteiger charge is 2.49. The first-order valence-corrected chi connectivity index (χ1v) is 13.2. The van der Waals surface area contributed by atoms with Crippen LogP contribution >= 0.6 is 11.6 Å². The Morgan fingerprint density at radius 3 is 2.66 bits per heavy atom. The molecule has 10 heteroatoms. The molecule has 198 valence electrons. The number of carbonyl (C=O) groups is 1. The molecule has 0 amide bonds. The number of aldehydes is 1. The second kappa shape index (κ2) is 10.1. The number of ether oxygens (including phenoxy) is 1. The fourth-order valence-electron chi connectivity index (χ4n) is 5.22. The zero-order valence-electron chi connectivity index (χ0n) is 21.2. The second-order valence-electron chi connectivity index (χ2n) is 10.6. The van der Waals surface area contributed by atoms with Gasteiger partial charge in [-0.3, -0.25) is 9.48 Å². The lowest BCUT2D eigenvalue weighted by Crippen LogP contribution is -2.66. The summed E-state index contributed by atoms with van der Waals surface area (Å²) in [4.78, 5) is 17.4. The van der Waals surface area contributed by atoms with Crippen molar-refractivity contribution in [1.82, 2.24) is 24.5 Å². The van der Waals surface area contributed by atoms with Gasteiger partial charge in [0.05, 0.1) is 47.7 Å². The van der Waals surface area contributed by atoms with Gasteiger partial charge in [-0.05, 0) is 49.6 Å². The van der Waals surface area contributed by atoms with Crippen molar-refractivity contribution in [3.05, 3.63) is 82.3 Å². The molecule has 3 fully saturated rings. The molecule has 4 aromatic rings. The number of rotatable bonds is 7. The lowest BCUT2D eigenvalue weighted by Gasteiger charge is -2.56. The molecule has 1 aliphatic carbocycles. The fourth-order valence-corrected chi connectivity index (χ4v) is 5.40. The highest BCUT2D eigenvalue weighted by atomic mass is 35.5. The minimum absolute atomic E-state index is 0.186. The molecule has 3 aliphatic rings. The molecule has 8 nitrogen and oxygen atoms in total. The number of imidazole rings is 1. The number of aromatic nitrogens is 4. The van der Waals surface area contributed by atoms with E-state index in [0.29, 0.717) is 29.6 Å². The van der Waals surface area contributed by atoms with E-state index in [1.165, 1.54) is 18.4 Å². The predicted octanol–water partition coefficient (Wildman–Crippen LogP) is 4.30. The van der Waals surface area contributed by atoms with Crippen molar-refractivity contribution in [2.75, 3.05) is 38.3 Å². The van der Waals surface area contributed by atoms with Gasteiger partial charge < -0.3 is 19.4 Å². The van der Waals surface area contributed by atoms with Gasteiger partial charge in [0.1, 0.15) is 11.5 Å². The maximum Gasteiger partial charge on any atom is 0.153 e. The topological polar surface area (TPSA) is 76.7 Å². The summed E-state index contributed by atoms with van der Waals surface area (Å²) in [5, 5.41) is 7.32. The summed E-state index contributed by atoms with van der Waals surface area (Å²) in [5.74, 6) is 0.431. The van der Waals surface area contributed by atoms with Gasteiger partial charge in [-0.2, -0.15) is 5.10 Å². The number of benzene rings is 1. The SMILES string of the molecule is CNCc1c(N2CC3(COC3)C2)ccc(Cl)c1F.O=Cc1cnn(Cc2cn3cc(C4CC4)ccc3n2)c1. The largest absolute Gasteiger partial charge is 0.380 e. The van der Waals surface area contributed by atoms with E-state index in [2.05, 4.69) is 43.0 Å². The molecule has 1 saturated carbocycles. The van der Waals surface area contributed by atoms with Crippen LogP contribution in [0.4, 0.5) is 10.1 Å². The van der Waals surface area contributed by atoms with E-state index in [1.54, 1.807) is 23.1 Å². The Morgan fingerprint density at radius 2 is 2.00 bits per heavy atom. The predicted molar refractivity (Wildman–Crippen MR) is 144 cm³/mol. The van der Waals surface area contributed by atoms with Crippen LogP contribution < -0.4 is 10.2 Å². The molecule has 2 aliphatic heterocycles. The summed E-state index contributed by atoms with van der Waals surface area (Å²) in [6.45, 7) is 4.63. The lowest BCUT2D eigenvalue weighted by atomic mass is 9.77. The molecular formula is C28H30ClFN6O2. The van der Waals surface area contributed by atoms with E-state index >= 15 is 0 Å². The first-order chi connectivity index (χ1) is 18.5. The van der Waals surface area contributed by atoms with E-state index in [0.717, 1.165) is 55.5 Å². The van der Waals surface area contributed by atoms with Gasteiger partial charge in [-0.15, -0.1) is 0 Å². The molecule has 3 aromatic heterocycles. The molecule has 2 saturated heterocycles. The zero-order chi connectivity index (χ0) is 26.3. The van der Waals surface area contributed by atoms with E-state index < -0.39 is 0 Å². The Balaban J connectivity index is 0.000000140. The van der Waals surface area contributed by atoms with Crippen LogP contribution in [0.3, 0.4) is 0 Å². The normalized spacial score (nSPS) is 17.6. The van der Waals surface area contributed by atoms with Crippen molar-refractivity contribution in [2.45, 2.75) is 31.8 Å². The third-order valence-electron chi connectivity index (χ3n) is 7.42. The second-order valence-corrected chi connectivity index (χ2v) is 11.0. The standard InChI is InChI=1S/C15H14N4O.C13H16ClFN2O/c20-10-11-5-16-19(6-11)9-14-8-18-7-13(12-1-2-12)3-4-15(18)17-14;1-16-4-9-11(3-2-10(14)12(9)15)17-5-13(6-17)7-18-8-13/h3-8,10,12H,1-2,9H2;2-3,16H,4-8H2,1H3. The highest BCUT2D eigenvalue weighted by molar-refractivity contribution is 6.30. The van der Waals surface area contributed by atoms with E-state index in [9.17, 15) is 9.18 Å². The fraction of sp³-hybridized carbons (Fsp3) is 0.393. The molecule has 0 atom stereocenters. The number of nitrogens with zero attached hydrogens (tertiary/aromatic N) is 5. The Labute approximate surface area is 225 Å². The average Bonchev–Trinajstić information content (AvgIpc) is 3.49. The number of anilines is 1. The Hall–Kier alpha value is -3.27. The molecule has 0 unspecified atom stereocenters. The van der Waals surface area contributed by atoms with Crippen LogP contribution in [0, 0.1) is 11.2 Å².